The second-order valence-corrected chi connectivity index (χ2v) is 7.08. The van der Waals surface area contributed by atoms with Crippen LogP contribution in [-0.4, -0.2) is 20.9 Å². The Morgan fingerprint density at radius 1 is 1.04 bits per heavy atom. The average Bonchev–Trinajstić information content (AvgIpc) is 2.54. The molecule has 0 spiro atoms. The fraction of sp³-hybridized carbons (Fsp3) is 0.188. The number of amides is 1. The summed E-state index contributed by atoms with van der Waals surface area (Å²) in [6.45, 7) is 1.69. The summed E-state index contributed by atoms with van der Waals surface area (Å²) in [5.74, 6) is -0.438. The third-order valence-corrected chi connectivity index (χ3v) is 4.86. The zero-order valence-electron chi connectivity index (χ0n) is 12.5. The first-order valence-electron chi connectivity index (χ1n) is 7.05. The van der Waals surface area contributed by atoms with Gasteiger partial charge in [0.2, 0.25) is 15.9 Å². The van der Waals surface area contributed by atoms with Gasteiger partial charge in [0.25, 0.3) is 0 Å². The molecule has 23 heavy (non-hydrogen) atoms. The van der Waals surface area contributed by atoms with Gasteiger partial charge in [-0.05, 0) is 48.4 Å². The van der Waals surface area contributed by atoms with Crippen molar-refractivity contribution in [3.63, 3.8) is 0 Å². The van der Waals surface area contributed by atoms with E-state index in [1.807, 2.05) is 19.1 Å². The SMILES string of the molecule is CCc1ccc(NC(=O)CNS(=O)(=O)c2ccc(Cl)cc2)cc1. The van der Waals surface area contributed by atoms with Crippen LogP contribution in [0.4, 0.5) is 5.69 Å². The largest absolute Gasteiger partial charge is 0.325 e. The highest BCUT2D eigenvalue weighted by Crippen LogP contribution is 2.14. The number of hydrogen-bond donors (Lipinski definition) is 2. The summed E-state index contributed by atoms with van der Waals surface area (Å²) in [6.07, 6.45) is 0.912. The molecular weight excluding hydrogens is 336 g/mol. The molecule has 2 aromatic carbocycles. The number of sulfonamides is 1. The second-order valence-electron chi connectivity index (χ2n) is 4.88. The van der Waals surface area contributed by atoms with Crippen molar-refractivity contribution in [3.05, 3.63) is 59.1 Å². The maximum atomic E-state index is 12.0. The summed E-state index contributed by atoms with van der Waals surface area (Å²) >= 11 is 5.72. The summed E-state index contributed by atoms with van der Waals surface area (Å²) in [4.78, 5) is 11.9. The van der Waals surface area contributed by atoms with E-state index in [-0.39, 0.29) is 11.4 Å². The summed E-state index contributed by atoms with van der Waals surface area (Å²) in [5, 5.41) is 3.08. The number of aryl methyl sites for hydroxylation is 1. The van der Waals surface area contributed by atoms with Crippen molar-refractivity contribution in [1.82, 2.24) is 4.72 Å². The highest BCUT2D eigenvalue weighted by molar-refractivity contribution is 7.89. The Kier molecular flexibility index (Phi) is 5.76. The molecule has 0 fully saturated rings. The topological polar surface area (TPSA) is 75.3 Å². The van der Waals surface area contributed by atoms with Gasteiger partial charge in [-0.1, -0.05) is 30.7 Å². The number of anilines is 1. The molecule has 0 aliphatic rings. The molecule has 7 heteroatoms. The predicted molar refractivity (Wildman–Crippen MR) is 91.1 cm³/mol. The van der Waals surface area contributed by atoms with E-state index in [0.717, 1.165) is 12.0 Å². The molecule has 1 amide bonds. The van der Waals surface area contributed by atoms with Crippen molar-refractivity contribution in [1.29, 1.82) is 0 Å². The van der Waals surface area contributed by atoms with Crippen molar-refractivity contribution in [2.45, 2.75) is 18.2 Å². The average molecular weight is 353 g/mol. The number of benzene rings is 2. The summed E-state index contributed by atoms with van der Waals surface area (Å²) in [7, 11) is -3.74. The Morgan fingerprint density at radius 2 is 1.65 bits per heavy atom. The first-order valence-corrected chi connectivity index (χ1v) is 8.91. The summed E-state index contributed by atoms with van der Waals surface area (Å²) in [5.41, 5.74) is 1.78. The van der Waals surface area contributed by atoms with Crippen LogP contribution in [0.5, 0.6) is 0 Å². The lowest BCUT2D eigenvalue weighted by molar-refractivity contribution is -0.115. The van der Waals surface area contributed by atoms with Crippen LogP contribution in [0, 0.1) is 0 Å². The van der Waals surface area contributed by atoms with Gasteiger partial charge in [0.15, 0.2) is 0 Å². The molecule has 0 atom stereocenters. The molecule has 0 heterocycles. The minimum atomic E-state index is -3.74. The van der Waals surface area contributed by atoms with Crippen LogP contribution in [-0.2, 0) is 21.2 Å². The van der Waals surface area contributed by atoms with Gasteiger partial charge in [0, 0.05) is 10.7 Å². The monoisotopic (exact) mass is 352 g/mol. The first kappa shape index (κ1) is 17.5. The molecule has 0 aliphatic carbocycles. The molecule has 2 aromatic rings. The molecule has 122 valence electrons. The smallest absolute Gasteiger partial charge is 0.241 e. The van der Waals surface area contributed by atoms with Crippen molar-refractivity contribution < 1.29 is 13.2 Å². The number of carbonyl (C=O) groups is 1. The predicted octanol–water partition coefficient (Wildman–Crippen LogP) is 2.82. The maximum Gasteiger partial charge on any atom is 0.241 e. The van der Waals surface area contributed by atoms with Crippen molar-refractivity contribution in [2.75, 3.05) is 11.9 Å². The minimum Gasteiger partial charge on any atom is -0.325 e. The maximum absolute atomic E-state index is 12.0. The van der Waals surface area contributed by atoms with Crippen molar-refractivity contribution in [2.24, 2.45) is 0 Å². The lowest BCUT2D eigenvalue weighted by atomic mass is 10.1. The molecule has 0 saturated heterocycles. The highest BCUT2D eigenvalue weighted by atomic mass is 35.5. The normalized spacial score (nSPS) is 11.2. The van der Waals surface area contributed by atoms with Crippen LogP contribution in [0.1, 0.15) is 12.5 Å². The summed E-state index contributed by atoms with van der Waals surface area (Å²) in [6, 6.07) is 13.1. The van der Waals surface area contributed by atoms with Crippen LogP contribution in [0.25, 0.3) is 0 Å². The van der Waals surface area contributed by atoms with Gasteiger partial charge < -0.3 is 5.32 Å². The molecule has 2 rings (SSSR count). The standard InChI is InChI=1S/C16H17ClN2O3S/c1-2-12-3-7-14(8-4-12)19-16(20)11-18-23(21,22)15-9-5-13(17)6-10-15/h3-10,18H,2,11H2,1H3,(H,19,20). The van der Waals surface area contributed by atoms with E-state index in [4.69, 9.17) is 11.6 Å². The molecule has 0 aromatic heterocycles. The molecule has 0 bridgehead atoms. The van der Waals surface area contributed by atoms with E-state index in [9.17, 15) is 13.2 Å². The van der Waals surface area contributed by atoms with Gasteiger partial charge in [0.1, 0.15) is 0 Å². The van der Waals surface area contributed by atoms with E-state index in [1.54, 1.807) is 12.1 Å². The van der Waals surface area contributed by atoms with Crippen LogP contribution in [0.2, 0.25) is 5.02 Å². The van der Waals surface area contributed by atoms with Crippen LogP contribution in [0.3, 0.4) is 0 Å². The number of halogens is 1. The van der Waals surface area contributed by atoms with Crippen LogP contribution < -0.4 is 10.0 Å². The fourth-order valence-corrected chi connectivity index (χ4v) is 2.99. The Balaban J connectivity index is 1.93. The van der Waals surface area contributed by atoms with Gasteiger partial charge in [-0.2, -0.15) is 0 Å². The zero-order chi connectivity index (χ0) is 16.9. The van der Waals surface area contributed by atoms with E-state index in [1.165, 1.54) is 24.3 Å². The Labute approximate surface area is 140 Å². The Bertz CT molecular complexity index is 772. The molecule has 0 aliphatic heterocycles. The molecule has 0 radical (unpaired) electrons. The first-order chi connectivity index (χ1) is 10.9. The molecule has 5 nitrogen and oxygen atoms in total. The minimum absolute atomic E-state index is 0.0574. The van der Waals surface area contributed by atoms with Crippen LogP contribution >= 0.6 is 11.6 Å². The second kappa shape index (κ2) is 7.59. The van der Waals surface area contributed by atoms with Crippen molar-refractivity contribution in [3.8, 4) is 0 Å². The number of hydrogen-bond acceptors (Lipinski definition) is 3. The molecule has 0 unspecified atom stereocenters. The lowest BCUT2D eigenvalue weighted by Crippen LogP contribution is -2.32. The van der Waals surface area contributed by atoms with Gasteiger partial charge in [-0.15, -0.1) is 0 Å². The summed E-state index contributed by atoms with van der Waals surface area (Å²) < 4.78 is 26.4. The van der Waals surface area contributed by atoms with Gasteiger partial charge in [-0.3, -0.25) is 4.79 Å². The molecule has 0 saturated carbocycles. The van der Waals surface area contributed by atoms with E-state index >= 15 is 0 Å². The Hall–Kier alpha value is -1.89. The number of rotatable bonds is 6. The van der Waals surface area contributed by atoms with E-state index < -0.39 is 15.9 Å². The molecule has 2 N–H and O–H groups in total. The van der Waals surface area contributed by atoms with E-state index in [2.05, 4.69) is 10.0 Å². The zero-order valence-corrected chi connectivity index (χ0v) is 14.1. The lowest BCUT2D eigenvalue weighted by Gasteiger charge is -2.08. The third kappa shape index (κ3) is 5.06. The number of nitrogens with one attached hydrogen (secondary N) is 2. The van der Waals surface area contributed by atoms with Gasteiger partial charge >= 0.3 is 0 Å². The molecular formula is C16H17ClN2O3S. The van der Waals surface area contributed by atoms with Gasteiger partial charge in [-0.25, -0.2) is 13.1 Å². The van der Waals surface area contributed by atoms with Crippen molar-refractivity contribution >= 4 is 33.2 Å². The van der Waals surface area contributed by atoms with Gasteiger partial charge in [0.05, 0.1) is 11.4 Å². The highest BCUT2D eigenvalue weighted by Gasteiger charge is 2.15. The van der Waals surface area contributed by atoms with Crippen LogP contribution in [0.15, 0.2) is 53.4 Å². The quantitative estimate of drug-likeness (QED) is 0.839. The van der Waals surface area contributed by atoms with E-state index in [0.29, 0.717) is 10.7 Å². The fourth-order valence-electron chi connectivity index (χ4n) is 1.89. The number of carbonyl (C=O) groups excluding carboxylic acids is 1. The Morgan fingerprint density at radius 3 is 2.22 bits per heavy atom. The third-order valence-electron chi connectivity index (χ3n) is 3.19.